The number of hydrogen-bond donors (Lipinski definition) is 2. The number of carbonyl (C=O) groups is 1. The lowest BCUT2D eigenvalue weighted by molar-refractivity contribution is 0.0697. The maximum Gasteiger partial charge on any atom is 0.335 e. The Kier molecular flexibility index (Phi) is 8.71. The van der Waals surface area contributed by atoms with Crippen LogP contribution in [0.25, 0.3) is 10.9 Å². The Labute approximate surface area is 238 Å². The molecule has 0 aliphatic carbocycles. The molecule has 0 unspecified atom stereocenters. The van der Waals surface area contributed by atoms with Crippen molar-refractivity contribution in [2.45, 2.75) is 19.1 Å². The van der Waals surface area contributed by atoms with Crippen molar-refractivity contribution in [3.8, 4) is 11.5 Å². The van der Waals surface area contributed by atoms with E-state index in [1.54, 1.807) is 30.5 Å². The zero-order chi connectivity index (χ0) is 27.9. The molecule has 0 aliphatic rings. The molecule has 7 heteroatoms. The van der Waals surface area contributed by atoms with Crippen molar-refractivity contribution in [1.82, 2.24) is 9.88 Å². The molecule has 0 radical (unpaired) electrons. The van der Waals surface area contributed by atoms with Crippen LogP contribution in [0.3, 0.4) is 0 Å². The Balaban J connectivity index is 1.26. The third-order valence-corrected chi connectivity index (χ3v) is 6.97. The molecule has 6 nitrogen and oxygen atoms in total. The van der Waals surface area contributed by atoms with E-state index in [-0.39, 0.29) is 5.56 Å². The number of halogens is 1. The maximum atomic E-state index is 11.3. The van der Waals surface area contributed by atoms with Gasteiger partial charge in [-0.25, -0.2) is 4.79 Å². The minimum absolute atomic E-state index is 0.183. The molecule has 0 saturated carbocycles. The maximum absolute atomic E-state index is 11.3. The number of ether oxygens (including phenoxy) is 1. The molecule has 0 aliphatic heterocycles. The zero-order valence-corrected chi connectivity index (χ0v) is 22.5. The Morgan fingerprint density at radius 2 is 1.70 bits per heavy atom. The Morgan fingerprint density at radius 1 is 0.900 bits per heavy atom. The number of aromatic nitrogens is 1. The van der Waals surface area contributed by atoms with E-state index < -0.39 is 12.1 Å². The van der Waals surface area contributed by atoms with E-state index in [1.165, 1.54) is 11.6 Å². The van der Waals surface area contributed by atoms with E-state index in [0.29, 0.717) is 28.6 Å². The molecular formula is C33H29ClN2O4. The molecule has 202 valence electrons. The van der Waals surface area contributed by atoms with Crippen LogP contribution in [-0.4, -0.2) is 39.2 Å². The number of fused-ring (bicyclic) bond motifs is 1. The third kappa shape index (κ3) is 7.04. The van der Waals surface area contributed by atoms with Gasteiger partial charge in [-0.3, -0.25) is 9.88 Å². The first-order valence-electron chi connectivity index (χ1n) is 13.0. The zero-order valence-electron chi connectivity index (χ0n) is 21.8. The van der Waals surface area contributed by atoms with Crippen LogP contribution in [0, 0.1) is 0 Å². The normalized spacial score (nSPS) is 12.0. The number of hydrogen-bond acceptors (Lipinski definition) is 5. The van der Waals surface area contributed by atoms with Gasteiger partial charge in [-0.15, -0.1) is 0 Å². The van der Waals surface area contributed by atoms with E-state index in [2.05, 4.69) is 22.0 Å². The summed E-state index contributed by atoms with van der Waals surface area (Å²) in [7, 11) is 0. The van der Waals surface area contributed by atoms with Gasteiger partial charge in [0, 0.05) is 36.2 Å². The van der Waals surface area contributed by atoms with Crippen LogP contribution in [0.1, 0.15) is 33.2 Å². The summed E-state index contributed by atoms with van der Waals surface area (Å²) in [4.78, 5) is 17.8. The number of rotatable bonds is 11. The van der Waals surface area contributed by atoms with Crippen molar-refractivity contribution in [1.29, 1.82) is 0 Å². The van der Waals surface area contributed by atoms with Crippen molar-refractivity contribution in [2.75, 3.05) is 13.1 Å². The lowest BCUT2D eigenvalue weighted by Crippen LogP contribution is -2.30. The lowest BCUT2D eigenvalue weighted by Gasteiger charge is -2.25. The van der Waals surface area contributed by atoms with Gasteiger partial charge in [0.1, 0.15) is 11.5 Å². The first-order valence-corrected chi connectivity index (χ1v) is 13.4. The molecular weight excluding hydrogens is 524 g/mol. The Morgan fingerprint density at radius 3 is 2.45 bits per heavy atom. The van der Waals surface area contributed by atoms with Crippen LogP contribution in [0.15, 0.2) is 109 Å². The van der Waals surface area contributed by atoms with Gasteiger partial charge in [-0.1, -0.05) is 66.2 Å². The summed E-state index contributed by atoms with van der Waals surface area (Å²) < 4.78 is 6.12. The number of carboxylic acids is 1. The van der Waals surface area contributed by atoms with Crippen molar-refractivity contribution < 1.29 is 19.7 Å². The molecule has 5 aromatic rings. The summed E-state index contributed by atoms with van der Waals surface area (Å²) in [5.74, 6) is 0.293. The molecule has 1 atom stereocenters. The van der Waals surface area contributed by atoms with E-state index in [4.69, 9.17) is 16.3 Å². The van der Waals surface area contributed by atoms with Gasteiger partial charge >= 0.3 is 5.97 Å². The highest BCUT2D eigenvalue weighted by atomic mass is 35.5. The number of aliphatic hydroxyl groups is 1. The van der Waals surface area contributed by atoms with Gasteiger partial charge in [0.15, 0.2) is 0 Å². The van der Waals surface area contributed by atoms with Crippen LogP contribution in [-0.2, 0) is 13.0 Å². The average Bonchev–Trinajstić information content (AvgIpc) is 2.97. The summed E-state index contributed by atoms with van der Waals surface area (Å²) in [6.07, 6.45) is 1.75. The van der Waals surface area contributed by atoms with E-state index in [0.717, 1.165) is 36.0 Å². The summed E-state index contributed by atoms with van der Waals surface area (Å²) in [6.45, 7) is 1.96. The van der Waals surface area contributed by atoms with E-state index in [9.17, 15) is 15.0 Å². The first-order chi connectivity index (χ1) is 19.4. The lowest BCUT2D eigenvalue weighted by atomic mass is 10.1. The Hall–Kier alpha value is -4.23. The summed E-state index contributed by atoms with van der Waals surface area (Å²) in [6, 6.07) is 32.1. The van der Waals surface area contributed by atoms with Gasteiger partial charge in [0.05, 0.1) is 17.2 Å². The minimum Gasteiger partial charge on any atom is -0.478 e. The van der Waals surface area contributed by atoms with Gasteiger partial charge < -0.3 is 14.9 Å². The van der Waals surface area contributed by atoms with Crippen molar-refractivity contribution in [3.63, 3.8) is 0 Å². The molecule has 1 heterocycles. The molecule has 0 saturated heterocycles. The topological polar surface area (TPSA) is 82.9 Å². The summed E-state index contributed by atoms with van der Waals surface area (Å²) in [5, 5.41) is 21.5. The van der Waals surface area contributed by atoms with Crippen molar-refractivity contribution >= 4 is 28.5 Å². The highest BCUT2D eigenvalue weighted by molar-refractivity contribution is 6.30. The number of pyridine rings is 1. The van der Waals surface area contributed by atoms with Crippen LogP contribution >= 0.6 is 11.6 Å². The quantitative estimate of drug-likeness (QED) is 0.181. The highest BCUT2D eigenvalue weighted by Crippen LogP contribution is 2.29. The second-order valence-electron chi connectivity index (χ2n) is 9.63. The van der Waals surface area contributed by atoms with Gasteiger partial charge in [0.2, 0.25) is 0 Å². The van der Waals surface area contributed by atoms with Gasteiger partial charge in [-0.05, 0) is 71.6 Å². The monoisotopic (exact) mass is 552 g/mol. The predicted molar refractivity (Wildman–Crippen MR) is 157 cm³/mol. The van der Waals surface area contributed by atoms with Crippen LogP contribution in [0.5, 0.6) is 11.5 Å². The van der Waals surface area contributed by atoms with Crippen LogP contribution in [0.4, 0.5) is 0 Å². The number of nitrogens with zero attached hydrogens (tertiary/aromatic N) is 2. The smallest absolute Gasteiger partial charge is 0.335 e. The number of benzene rings is 4. The highest BCUT2D eigenvalue weighted by Gasteiger charge is 2.15. The Bertz CT molecular complexity index is 1590. The van der Waals surface area contributed by atoms with E-state index in [1.807, 2.05) is 60.7 Å². The van der Waals surface area contributed by atoms with Crippen LogP contribution < -0.4 is 4.74 Å². The molecule has 2 N–H and O–H groups in total. The molecule has 0 fully saturated rings. The first kappa shape index (κ1) is 27.3. The third-order valence-electron chi connectivity index (χ3n) is 6.73. The SMILES string of the molecule is O=C(O)c1ccc2c(Oc3ccc(CCN(Cc4ccccc4)C[C@H](O)c4cccc(Cl)c4)cc3)ccnc2c1. The molecule has 4 aromatic carbocycles. The van der Waals surface area contributed by atoms with Crippen LogP contribution in [0.2, 0.25) is 5.02 Å². The predicted octanol–water partition coefficient (Wildman–Crippen LogP) is 7.16. The fourth-order valence-electron chi connectivity index (χ4n) is 4.62. The summed E-state index contributed by atoms with van der Waals surface area (Å²) >= 11 is 6.15. The second-order valence-corrected chi connectivity index (χ2v) is 10.1. The molecule has 5 rings (SSSR count). The largest absolute Gasteiger partial charge is 0.478 e. The standard InChI is InChI=1S/C33H29ClN2O4/c34-27-8-4-7-25(19-27)31(37)22-36(21-24-5-2-1-3-6-24)18-16-23-9-12-28(13-10-23)40-32-15-17-35-30-20-26(33(38)39)11-14-29(30)32/h1-15,17,19-20,31,37H,16,18,21-22H2,(H,38,39)/t31-/m0/s1. The average molecular weight is 553 g/mol. The fourth-order valence-corrected chi connectivity index (χ4v) is 4.82. The van der Waals surface area contributed by atoms with Gasteiger partial charge in [-0.2, -0.15) is 0 Å². The van der Waals surface area contributed by atoms with Gasteiger partial charge in [0.25, 0.3) is 0 Å². The fraction of sp³-hybridized carbons (Fsp3) is 0.152. The molecule has 1 aromatic heterocycles. The number of carboxylic acid groups (broad SMARTS) is 1. The molecule has 0 amide bonds. The van der Waals surface area contributed by atoms with Crippen molar-refractivity contribution in [2.24, 2.45) is 0 Å². The molecule has 40 heavy (non-hydrogen) atoms. The molecule has 0 bridgehead atoms. The number of aliphatic hydroxyl groups excluding tert-OH is 1. The van der Waals surface area contributed by atoms with E-state index >= 15 is 0 Å². The number of aromatic carboxylic acids is 1. The van der Waals surface area contributed by atoms with Crippen molar-refractivity contribution in [3.05, 3.63) is 137 Å². The minimum atomic E-state index is -0.994. The molecule has 0 spiro atoms. The summed E-state index contributed by atoms with van der Waals surface area (Å²) in [5.41, 5.74) is 3.88. The second kappa shape index (κ2) is 12.7.